The van der Waals surface area contributed by atoms with Crippen LogP contribution in [0, 0.1) is 29.6 Å². The van der Waals surface area contributed by atoms with Crippen LogP contribution in [-0.2, 0) is 4.79 Å². The van der Waals surface area contributed by atoms with Gasteiger partial charge in [0, 0.05) is 11.8 Å². The van der Waals surface area contributed by atoms with Gasteiger partial charge >= 0.3 is 0 Å². The molecular weight excluding hydrogens is 220 g/mol. The van der Waals surface area contributed by atoms with E-state index in [0.717, 1.165) is 23.7 Å². The second kappa shape index (κ2) is 3.69. The van der Waals surface area contributed by atoms with Crippen molar-refractivity contribution in [3.8, 4) is 0 Å². The molecule has 3 aliphatic rings. The van der Waals surface area contributed by atoms with E-state index in [1.807, 2.05) is 18.2 Å². The highest BCUT2D eigenvalue weighted by molar-refractivity contribution is 5.90. The summed E-state index contributed by atoms with van der Waals surface area (Å²) in [5, 5.41) is 0. The molecule has 3 aliphatic carbocycles. The number of hydrogen-bond acceptors (Lipinski definition) is 1. The SMILES string of the molecule is CC(C(=O)C1[C@@H]2[C@H]3CC[C@H](C3)[C@H]12)c1ccccc1. The monoisotopic (exact) mass is 240 g/mol. The Balaban J connectivity index is 1.52. The second-order valence-corrected chi connectivity index (χ2v) is 6.55. The van der Waals surface area contributed by atoms with Gasteiger partial charge in [0.1, 0.15) is 5.78 Å². The maximum absolute atomic E-state index is 12.6. The van der Waals surface area contributed by atoms with Crippen LogP contribution < -0.4 is 0 Å². The van der Waals surface area contributed by atoms with Crippen molar-refractivity contribution in [2.45, 2.75) is 32.1 Å². The third kappa shape index (κ3) is 1.36. The quantitative estimate of drug-likeness (QED) is 0.788. The van der Waals surface area contributed by atoms with E-state index < -0.39 is 0 Å². The van der Waals surface area contributed by atoms with Gasteiger partial charge in [0.15, 0.2) is 0 Å². The van der Waals surface area contributed by atoms with E-state index in [4.69, 9.17) is 0 Å². The summed E-state index contributed by atoms with van der Waals surface area (Å²) in [5.41, 5.74) is 1.19. The van der Waals surface area contributed by atoms with Crippen molar-refractivity contribution in [3.05, 3.63) is 35.9 Å². The summed E-state index contributed by atoms with van der Waals surface area (Å²) >= 11 is 0. The molecule has 0 spiro atoms. The Hall–Kier alpha value is -1.11. The highest BCUT2D eigenvalue weighted by Gasteiger charge is 2.67. The molecule has 0 N–H and O–H groups in total. The van der Waals surface area contributed by atoms with Crippen molar-refractivity contribution < 1.29 is 4.79 Å². The lowest BCUT2D eigenvalue weighted by molar-refractivity contribution is -0.122. The number of carbonyl (C=O) groups excluding carboxylic acids is 1. The van der Waals surface area contributed by atoms with Crippen molar-refractivity contribution in [2.24, 2.45) is 29.6 Å². The number of carbonyl (C=O) groups is 1. The molecule has 94 valence electrons. The fourth-order valence-corrected chi connectivity index (χ4v) is 4.90. The normalized spacial score (nSPS) is 41.5. The van der Waals surface area contributed by atoms with Gasteiger partial charge in [0.05, 0.1) is 0 Å². The first-order chi connectivity index (χ1) is 8.77. The summed E-state index contributed by atoms with van der Waals surface area (Å²) in [4.78, 5) is 12.6. The van der Waals surface area contributed by atoms with Gasteiger partial charge in [-0.3, -0.25) is 4.79 Å². The molecule has 2 unspecified atom stereocenters. The standard InChI is InChI=1S/C17H20O/c1-10(11-5-3-2-4-6-11)17(18)16-14-12-7-8-13(9-12)15(14)16/h2-6,10,12-16H,7-9H2,1H3/t10?,12-,13+,14+,15-,16?. The van der Waals surface area contributed by atoms with Crippen molar-refractivity contribution in [2.75, 3.05) is 0 Å². The van der Waals surface area contributed by atoms with Crippen LogP contribution in [0.15, 0.2) is 30.3 Å². The third-order valence-electron chi connectivity index (χ3n) is 5.79. The molecule has 3 saturated carbocycles. The first-order valence-corrected chi connectivity index (χ1v) is 7.36. The molecule has 4 rings (SSSR count). The number of rotatable bonds is 3. The van der Waals surface area contributed by atoms with Crippen molar-refractivity contribution in [1.29, 1.82) is 0 Å². The minimum atomic E-state index is 0.0983. The van der Waals surface area contributed by atoms with E-state index in [9.17, 15) is 4.79 Å². The Bertz CT molecular complexity index is 462. The zero-order valence-electron chi connectivity index (χ0n) is 10.9. The molecule has 1 nitrogen and oxygen atoms in total. The van der Waals surface area contributed by atoms with Crippen LogP contribution in [0.1, 0.15) is 37.7 Å². The van der Waals surface area contributed by atoms with Crippen LogP contribution >= 0.6 is 0 Å². The molecule has 0 aliphatic heterocycles. The summed E-state index contributed by atoms with van der Waals surface area (Å²) in [5.74, 6) is 4.40. The fourth-order valence-electron chi connectivity index (χ4n) is 4.90. The minimum absolute atomic E-state index is 0.0983. The van der Waals surface area contributed by atoms with Gasteiger partial charge in [0.25, 0.3) is 0 Å². The summed E-state index contributed by atoms with van der Waals surface area (Å²) in [6.07, 6.45) is 4.23. The van der Waals surface area contributed by atoms with Crippen molar-refractivity contribution >= 4 is 5.78 Å². The highest BCUT2D eigenvalue weighted by atomic mass is 16.1. The van der Waals surface area contributed by atoms with Gasteiger partial charge in [0.2, 0.25) is 0 Å². The first kappa shape index (κ1) is 10.8. The lowest BCUT2D eigenvalue weighted by Crippen LogP contribution is -2.16. The fraction of sp³-hybridized carbons (Fsp3) is 0.588. The van der Waals surface area contributed by atoms with Crippen LogP contribution in [0.4, 0.5) is 0 Å². The molecule has 6 atom stereocenters. The van der Waals surface area contributed by atoms with Crippen molar-refractivity contribution in [3.63, 3.8) is 0 Å². The number of hydrogen-bond donors (Lipinski definition) is 0. The van der Waals surface area contributed by atoms with E-state index in [-0.39, 0.29) is 5.92 Å². The van der Waals surface area contributed by atoms with Gasteiger partial charge in [-0.15, -0.1) is 0 Å². The Morgan fingerprint density at radius 2 is 1.72 bits per heavy atom. The zero-order chi connectivity index (χ0) is 12.3. The molecule has 0 heterocycles. The molecule has 0 aromatic heterocycles. The van der Waals surface area contributed by atoms with Gasteiger partial charge < -0.3 is 0 Å². The zero-order valence-corrected chi connectivity index (χ0v) is 10.9. The summed E-state index contributed by atoms with van der Waals surface area (Å²) in [6, 6.07) is 10.3. The predicted octanol–water partition coefficient (Wildman–Crippen LogP) is 3.65. The average molecular weight is 240 g/mol. The van der Waals surface area contributed by atoms with Gasteiger partial charge in [-0.25, -0.2) is 0 Å². The maximum atomic E-state index is 12.6. The first-order valence-electron chi connectivity index (χ1n) is 7.36. The summed E-state index contributed by atoms with van der Waals surface area (Å²) < 4.78 is 0. The highest BCUT2D eigenvalue weighted by Crippen LogP contribution is 2.70. The molecule has 0 amide bonds. The van der Waals surface area contributed by atoms with E-state index >= 15 is 0 Å². The van der Waals surface area contributed by atoms with Gasteiger partial charge in [-0.05, 0) is 48.5 Å². The van der Waals surface area contributed by atoms with Gasteiger partial charge in [-0.1, -0.05) is 37.3 Å². The molecule has 3 fully saturated rings. The second-order valence-electron chi connectivity index (χ2n) is 6.55. The summed E-state index contributed by atoms with van der Waals surface area (Å²) in [6.45, 7) is 2.09. The Labute approximate surface area is 109 Å². The molecule has 1 aromatic carbocycles. The number of ketones is 1. The molecule has 0 radical (unpaired) electrons. The van der Waals surface area contributed by atoms with E-state index in [1.165, 1.54) is 24.8 Å². The maximum Gasteiger partial charge on any atom is 0.143 e. The minimum Gasteiger partial charge on any atom is -0.299 e. The van der Waals surface area contributed by atoms with Crippen LogP contribution in [0.5, 0.6) is 0 Å². The Morgan fingerprint density at radius 1 is 1.11 bits per heavy atom. The summed E-state index contributed by atoms with van der Waals surface area (Å²) in [7, 11) is 0. The predicted molar refractivity (Wildman–Crippen MR) is 71.2 cm³/mol. The molecule has 18 heavy (non-hydrogen) atoms. The molecule has 1 heteroatoms. The lowest BCUT2D eigenvalue weighted by atomic mass is 9.89. The number of Topliss-reactive ketones (excluding diaryl/α,β-unsaturated/α-hetero) is 1. The van der Waals surface area contributed by atoms with Crippen LogP contribution in [0.2, 0.25) is 0 Å². The number of benzene rings is 1. The van der Waals surface area contributed by atoms with Crippen molar-refractivity contribution in [1.82, 2.24) is 0 Å². The average Bonchev–Trinajstić information content (AvgIpc) is 2.85. The largest absolute Gasteiger partial charge is 0.299 e. The molecule has 2 bridgehead atoms. The number of fused-ring (bicyclic) bond motifs is 5. The molecule has 1 aromatic rings. The van der Waals surface area contributed by atoms with Crippen LogP contribution in [-0.4, -0.2) is 5.78 Å². The Kier molecular flexibility index (Phi) is 2.21. The molecule has 0 saturated heterocycles. The topological polar surface area (TPSA) is 17.1 Å². The smallest absolute Gasteiger partial charge is 0.143 e. The van der Waals surface area contributed by atoms with Gasteiger partial charge in [-0.2, -0.15) is 0 Å². The molecular formula is C17H20O. The van der Waals surface area contributed by atoms with E-state index in [1.54, 1.807) is 0 Å². The van der Waals surface area contributed by atoms with E-state index in [0.29, 0.717) is 11.7 Å². The Morgan fingerprint density at radius 3 is 2.33 bits per heavy atom. The third-order valence-corrected chi connectivity index (χ3v) is 5.79. The van der Waals surface area contributed by atoms with Crippen LogP contribution in [0.3, 0.4) is 0 Å². The van der Waals surface area contributed by atoms with E-state index in [2.05, 4.69) is 19.1 Å². The van der Waals surface area contributed by atoms with Crippen LogP contribution in [0.25, 0.3) is 0 Å². The lowest BCUT2D eigenvalue weighted by Gasteiger charge is -2.13.